The van der Waals surface area contributed by atoms with E-state index in [1.165, 1.54) is 6.08 Å². The first-order chi connectivity index (χ1) is 9.02. The van der Waals surface area contributed by atoms with Gasteiger partial charge in [-0.15, -0.1) is 0 Å². The molecule has 4 nitrogen and oxygen atoms in total. The van der Waals surface area contributed by atoms with Crippen molar-refractivity contribution in [2.45, 2.75) is 13.3 Å². The molecule has 0 aliphatic carbocycles. The highest BCUT2D eigenvalue weighted by Gasteiger charge is 2.12. The molecule has 0 saturated heterocycles. The molecular weight excluding hydrogens is 266 g/mol. The van der Waals surface area contributed by atoms with Gasteiger partial charge in [0.2, 0.25) is 0 Å². The number of esters is 1. The van der Waals surface area contributed by atoms with Crippen molar-refractivity contribution in [3.63, 3.8) is 0 Å². The molecule has 0 fully saturated rings. The van der Waals surface area contributed by atoms with Crippen molar-refractivity contribution in [3.05, 3.63) is 40.9 Å². The second kappa shape index (κ2) is 7.48. The van der Waals surface area contributed by atoms with Gasteiger partial charge in [-0.3, -0.25) is 10.2 Å². The lowest BCUT2D eigenvalue weighted by Gasteiger charge is -2.00. The lowest BCUT2D eigenvalue weighted by molar-refractivity contribution is -0.135. The molecule has 1 N–H and O–H groups in total. The Morgan fingerprint density at radius 1 is 1.32 bits per heavy atom. The summed E-state index contributed by atoms with van der Waals surface area (Å²) in [4.78, 5) is 22.7. The SMILES string of the molecule is CCOC(=O)C(=N)CC(=O)C=Cc1ccc(Cl)cc1. The zero-order valence-corrected chi connectivity index (χ0v) is 11.2. The minimum Gasteiger partial charge on any atom is -0.462 e. The van der Waals surface area contributed by atoms with Gasteiger partial charge in [0.15, 0.2) is 5.78 Å². The summed E-state index contributed by atoms with van der Waals surface area (Å²) in [6, 6.07) is 6.96. The van der Waals surface area contributed by atoms with Crippen molar-refractivity contribution < 1.29 is 14.3 Å². The molecule has 0 amide bonds. The zero-order valence-electron chi connectivity index (χ0n) is 10.5. The molecule has 1 rings (SSSR count). The molecule has 0 bridgehead atoms. The number of hydrogen-bond acceptors (Lipinski definition) is 4. The Labute approximate surface area is 116 Å². The summed E-state index contributed by atoms with van der Waals surface area (Å²) in [7, 11) is 0. The predicted molar refractivity (Wildman–Crippen MR) is 74.5 cm³/mol. The van der Waals surface area contributed by atoms with E-state index in [0.717, 1.165) is 5.56 Å². The largest absolute Gasteiger partial charge is 0.462 e. The summed E-state index contributed by atoms with van der Waals surface area (Å²) in [6.07, 6.45) is 2.68. The van der Waals surface area contributed by atoms with E-state index < -0.39 is 5.97 Å². The Hall–Kier alpha value is -1.94. The molecule has 1 aromatic rings. The van der Waals surface area contributed by atoms with Crippen LogP contribution >= 0.6 is 11.6 Å². The highest BCUT2D eigenvalue weighted by atomic mass is 35.5. The van der Waals surface area contributed by atoms with E-state index in [2.05, 4.69) is 4.74 Å². The molecular formula is C14H14ClNO3. The third-order valence-electron chi connectivity index (χ3n) is 2.20. The average Bonchev–Trinajstić information content (AvgIpc) is 2.38. The van der Waals surface area contributed by atoms with E-state index in [9.17, 15) is 9.59 Å². The molecule has 0 aliphatic rings. The number of nitrogens with one attached hydrogen (secondary N) is 1. The number of benzene rings is 1. The summed E-state index contributed by atoms with van der Waals surface area (Å²) in [5, 5.41) is 8.01. The minimum atomic E-state index is -0.754. The monoisotopic (exact) mass is 279 g/mol. The first-order valence-corrected chi connectivity index (χ1v) is 6.11. The van der Waals surface area contributed by atoms with Gasteiger partial charge in [0.1, 0.15) is 5.71 Å². The van der Waals surface area contributed by atoms with Crippen molar-refractivity contribution in [1.29, 1.82) is 5.41 Å². The normalized spacial score (nSPS) is 10.4. The van der Waals surface area contributed by atoms with E-state index in [0.29, 0.717) is 5.02 Å². The molecule has 0 radical (unpaired) electrons. The van der Waals surface area contributed by atoms with Crippen molar-refractivity contribution in [2.24, 2.45) is 0 Å². The van der Waals surface area contributed by atoms with Crippen LogP contribution in [0, 0.1) is 5.41 Å². The number of halogens is 1. The maximum absolute atomic E-state index is 11.5. The summed E-state index contributed by atoms with van der Waals surface area (Å²) in [6.45, 7) is 1.84. The number of hydrogen-bond donors (Lipinski definition) is 1. The van der Waals surface area contributed by atoms with E-state index in [1.807, 2.05) is 0 Å². The number of ketones is 1. The fraction of sp³-hybridized carbons (Fsp3) is 0.214. The van der Waals surface area contributed by atoms with Crippen LogP contribution in [0.5, 0.6) is 0 Å². The molecule has 0 aliphatic heterocycles. The van der Waals surface area contributed by atoms with Crippen LogP contribution in [0.25, 0.3) is 6.08 Å². The number of rotatable bonds is 6. The summed E-state index contributed by atoms with van der Waals surface area (Å²) < 4.78 is 4.63. The van der Waals surface area contributed by atoms with Gasteiger partial charge in [-0.2, -0.15) is 0 Å². The van der Waals surface area contributed by atoms with Gasteiger partial charge in [-0.25, -0.2) is 4.79 Å². The van der Waals surface area contributed by atoms with Crippen molar-refractivity contribution in [3.8, 4) is 0 Å². The predicted octanol–water partition coefficient (Wildman–Crippen LogP) is 2.90. The van der Waals surface area contributed by atoms with Crippen molar-refractivity contribution in [1.82, 2.24) is 0 Å². The highest BCUT2D eigenvalue weighted by Crippen LogP contribution is 2.10. The van der Waals surface area contributed by atoms with Gasteiger partial charge in [-0.05, 0) is 30.7 Å². The maximum atomic E-state index is 11.5. The molecule has 0 atom stereocenters. The third-order valence-corrected chi connectivity index (χ3v) is 2.46. The quantitative estimate of drug-likeness (QED) is 0.495. The number of allylic oxidation sites excluding steroid dienone is 1. The second-order valence-corrected chi connectivity index (χ2v) is 4.16. The van der Waals surface area contributed by atoms with Gasteiger partial charge in [0, 0.05) is 5.02 Å². The average molecular weight is 280 g/mol. The lowest BCUT2D eigenvalue weighted by atomic mass is 10.1. The summed E-state index contributed by atoms with van der Waals surface area (Å²) in [5.41, 5.74) is 0.480. The van der Waals surface area contributed by atoms with E-state index >= 15 is 0 Å². The van der Waals surface area contributed by atoms with E-state index in [-0.39, 0.29) is 24.5 Å². The highest BCUT2D eigenvalue weighted by molar-refractivity contribution is 6.39. The molecule has 19 heavy (non-hydrogen) atoms. The first-order valence-electron chi connectivity index (χ1n) is 5.74. The van der Waals surface area contributed by atoms with Gasteiger partial charge in [-0.1, -0.05) is 29.8 Å². The maximum Gasteiger partial charge on any atom is 0.352 e. The molecule has 0 heterocycles. The van der Waals surface area contributed by atoms with Crippen LogP contribution < -0.4 is 0 Å². The smallest absolute Gasteiger partial charge is 0.352 e. The molecule has 0 spiro atoms. The Morgan fingerprint density at radius 2 is 1.95 bits per heavy atom. The molecule has 0 aromatic heterocycles. The Balaban J connectivity index is 2.53. The number of ether oxygens (including phenoxy) is 1. The number of carbonyl (C=O) groups excluding carboxylic acids is 2. The van der Waals surface area contributed by atoms with Gasteiger partial charge in [0.05, 0.1) is 13.0 Å². The third kappa shape index (κ3) is 5.48. The van der Waals surface area contributed by atoms with E-state index in [4.69, 9.17) is 17.0 Å². The van der Waals surface area contributed by atoms with Crippen molar-refractivity contribution in [2.75, 3.05) is 6.61 Å². The molecule has 5 heteroatoms. The van der Waals surface area contributed by atoms with Gasteiger partial charge >= 0.3 is 5.97 Å². The molecule has 1 aromatic carbocycles. The van der Waals surface area contributed by atoms with Crippen LogP contribution in [0.2, 0.25) is 5.02 Å². The summed E-state index contributed by atoms with van der Waals surface area (Å²) >= 11 is 5.74. The van der Waals surface area contributed by atoms with Crippen LogP contribution in [0.1, 0.15) is 18.9 Å². The standard InChI is InChI=1S/C14H14ClNO3/c1-2-19-14(18)13(16)9-12(17)8-5-10-3-6-11(15)7-4-10/h3-8,16H,2,9H2,1H3. The Kier molecular flexibility index (Phi) is 5.96. The topological polar surface area (TPSA) is 67.2 Å². The fourth-order valence-electron chi connectivity index (χ4n) is 1.29. The molecule has 0 unspecified atom stereocenters. The Morgan fingerprint density at radius 3 is 2.53 bits per heavy atom. The Bertz CT molecular complexity index is 506. The van der Waals surface area contributed by atoms with Crippen LogP contribution in [0.15, 0.2) is 30.3 Å². The van der Waals surface area contributed by atoms with E-state index in [1.54, 1.807) is 37.3 Å². The summed E-state index contributed by atoms with van der Waals surface area (Å²) in [5.74, 6) is -1.08. The lowest BCUT2D eigenvalue weighted by Crippen LogP contribution is -2.19. The second-order valence-electron chi connectivity index (χ2n) is 3.73. The van der Waals surface area contributed by atoms with Crippen LogP contribution in [0.4, 0.5) is 0 Å². The number of carbonyl (C=O) groups is 2. The van der Waals surface area contributed by atoms with Crippen LogP contribution in [-0.4, -0.2) is 24.1 Å². The van der Waals surface area contributed by atoms with Crippen LogP contribution in [0.3, 0.4) is 0 Å². The fourth-order valence-corrected chi connectivity index (χ4v) is 1.41. The van der Waals surface area contributed by atoms with Gasteiger partial charge in [0.25, 0.3) is 0 Å². The minimum absolute atomic E-state index is 0.190. The molecule has 100 valence electrons. The first kappa shape index (κ1) is 15.1. The zero-order chi connectivity index (χ0) is 14.3. The van der Waals surface area contributed by atoms with Crippen LogP contribution in [-0.2, 0) is 14.3 Å². The van der Waals surface area contributed by atoms with Gasteiger partial charge < -0.3 is 4.74 Å². The molecule has 0 saturated carbocycles. The van der Waals surface area contributed by atoms with Crippen molar-refractivity contribution >= 4 is 35.1 Å².